The van der Waals surface area contributed by atoms with Gasteiger partial charge in [0, 0.05) is 25.5 Å². The van der Waals surface area contributed by atoms with Crippen LogP contribution in [0.2, 0.25) is 0 Å². The molecule has 0 spiro atoms. The van der Waals surface area contributed by atoms with E-state index in [0.717, 1.165) is 13.1 Å². The van der Waals surface area contributed by atoms with Crippen molar-refractivity contribution in [3.8, 4) is 0 Å². The lowest BCUT2D eigenvalue weighted by Crippen LogP contribution is -2.12. The van der Waals surface area contributed by atoms with Gasteiger partial charge in [-0.15, -0.1) is 0 Å². The first-order chi connectivity index (χ1) is 8.45. The predicted octanol–water partition coefficient (Wildman–Crippen LogP) is 2.88. The zero-order chi connectivity index (χ0) is 11.8. The lowest BCUT2D eigenvalue weighted by Gasteiger charge is -2.00. The Morgan fingerprint density at radius 1 is 1.06 bits per heavy atom. The zero-order valence-electron chi connectivity index (χ0n) is 9.71. The second kappa shape index (κ2) is 6.61. The maximum atomic E-state index is 4.07. The number of rotatable bonds is 5. The molecule has 0 aliphatic rings. The minimum Gasteiger partial charge on any atom is -0.309 e. The predicted molar refractivity (Wildman–Crippen MR) is 71.4 cm³/mol. The van der Waals surface area contributed by atoms with Crippen LogP contribution < -0.4 is 5.32 Å². The molecule has 0 amide bonds. The number of benzene rings is 1. The van der Waals surface area contributed by atoms with Crippen molar-refractivity contribution in [1.29, 1.82) is 0 Å². The Labute approximate surface area is 102 Å². The number of hydrogen-bond donors (Lipinski definition) is 1. The summed E-state index contributed by atoms with van der Waals surface area (Å²) in [5.74, 6) is 0. The largest absolute Gasteiger partial charge is 0.309 e. The average molecular weight is 224 g/mol. The Morgan fingerprint density at radius 3 is 2.71 bits per heavy atom. The SMILES string of the molecule is C(=C/c1ccccc1)/CNCc1cccnc1. The van der Waals surface area contributed by atoms with Crippen molar-refractivity contribution in [3.63, 3.8) is 0 Å². The highest BCUT2D eigenvalue weighted by Gasteiger charge is 1.89. The second-order valence-electron chi connectivity index (χ2n) is 3.81. The van der Waals surface area contributed by atoms with Crippen LogP contribution in [0.4, 0.5) is 0 Å². The molecule has 0 bridgehead atoms. The van der Waals surface area contributed by atoms with E-state index in [1.807, 2.05) is 30.5 Å². The van der Waals surface area contributed by atoms with E-state index in [-0.39, 0.29) is 0 Å². The molecule has 1 heterocycles. The van der Waals surface area contributed by atoms with Crippen LogP contribution in [-0.4, -0.2) is 11.5 Å². The van der Waals surface area contributed by atoms with E-state index < -0.39 is 0 Å². The molecule has 0 unspecified atom stereocenters. The quantitative estimate of drug-likeness (QED) is 0.790. The first-order valence-corrected chi connectivity index (χ1v) is 5.76. The Bertz CT molecular complexity index is 449. The topological polar surface area (TPSA) is 24.9 Å². The smallest absolute Gasteiger partial charge is 0.0312 e. The molecule has 1 aromatic carbocycles. The summed E-state index contributed by atoms with van der Waals surface area (Å²) >= 11 is 0. The van der Waals surface area contributed by atoms with Crippen molar-refractivity contribution >= 4 is 6.08 Å². The van der Waals surface area contributed by atoms with Gasteiger partial charge in [-0.2, -0.15) is 0 Å². The van der Waals surface area contributed by atoms with Gasteiger partial charge in [0.25, 0.3) is 0 Å². The molecule has 2 rings (SSSR count). The van der Waals surface area contributed by atoms with Gasteiger partial charge in [0.2, 0.25) is 0 Å². The Kier molecular flexibility index (Phi) is 4.49. The van der Waals surface area contributed by atoms with Crippen molar-refractivity contribution in [2.24, 2.45) is 0 Å². The van der Waals surface area contributed by atoms with E-state index in [2.05, 4.69) is 40.7 Å². The van der Waals surface area contributed by atoms with Crippen molar-refractivity contribution in [2.45, 2.75) is 6.54 Å². The van der Waals surface area contributed by atoms with Gasteiger partial charge in [0.15, 0.2) is 0 Å². The van der Waals surface area contributed by atoms with Crippen molar-refractivity contribution in [1.82, 2.24) is 10.3 Å². The first kappa shape index (κ1) is 11.6. The van der Waals surface area contributed by atoms with Crippen LogP contribution in [0.5, 0.6) is 0 Å². The van der Waals surface area contributed by atoms with E-state index in [4.69, 9.17) is 0 Å². The van der Waals surface area contributed by atoms with Crippen LogP contribution in [0.3, 0.4) is 0 Å². The first-order valence-electron chi connectivity index (χ1n) is 5.76. The van der Waals surface area contributed by atoms with Crippen LogP contribution in [0.1, 0.15) is 11.1 Å². The molecule has 1 N–H and O–H groups in total. The molecule has 0 aliphatic carbocycles. The van der Waals surface area contributed by atoms with E-state index in [9.17, 15) is 0 Å². The Balaban J connectivity index is 1.72. The van der Waals surface area contributed by atoms with E-state index in [1.165, 1.54) is 11.1 Å². The molecule has 17 heavy (non-hydrogen) atoms. The highest BCUT2D eigenvalue weighted by atomic mass is 14.8. The van der Waals surface area contributed by atoms with Crippen LogP contribution in [0.15, 0.2) is 60.9 Å². The molecular formula is C15H16N2. The zero-order valence-corrected chi connectivity index (χ0v) is 9.71. The molecule has 0 atom stereocenters. The molecule has 0 radical (unpaired) electrons. The molecule has 2 heteroatoms. The maximum absolute atomic E-state index is 4.07. The molecule has 0 saturated heterocycles. The molecule has 1 aromatic heterocycles. The standard InChI is InChI=1S/C15H16N2/c1-2-6-14(7-3-1)8-4-10-16-12-15-9-5-11-17-13-15/h1-9,11,13,16H,10,12H2/b8-4-. The van der Waals surface area contributed by atoms with Crippen molar-refractivity contribution < 1.29 is 0 Å². The van der Waals surface area contributed by atoms with Gasteiger partial charge in [0.1, 0.15) is 0 Å². The Hall–Kier alpha value is -1.93. The minimum atomic E-state index is 0.854. The number of nitrogens with one attached hydrogen (secondary N) is 1. The summed E-state index contributed by atoms with van der Waals surface area (Å²) in [6.07, 6.45) is 7.93. The van der Waals surface area contributed by atoms with Crippen LogP contribution in [0.25, 0.3) is 6.08 Å². The third-order valence-electron chi connectivity index (χ3n) is 2.42. The summed E-state index contributed by atoms with van der Waals surface area (Å²) in [5, 5.41) is 3.35. The van der Waals surface area contributed by atoms with E-state index in [0.29, 0.717) is 0 Å². The summed E-state index contributed by atoms with van der Waals surface area (Å²) < 4.78 is 0. The molecule has 0 aliphatic heterocycles. The molecule has 2 nitrogen and oxygen atoms in total. The second-order valence-corrected chi connectivity index (χ2v) is 3.81. The highest BCUT2D eigenvalue weighted by molar-refractivity contribution is 5.48. The fraction of sp³-hybridized carbons (Fsp3) is 0.133. The van der Waals surface area contributed by atoms with Gasteiger partial charge < -0.3 is 5.32 Å². The highest BCUT2D eigenvalue weighted by Crippen LogP contribution is 2.00. The van der Waals surface area contributed by atoms with Gasteiger partial charge in [-0.05, 0) is 17.2 Å². The number of aromatic nitrogens is 1. The third kappa shape index (κ3) is 4.21. The molecule has 2 aromatic rings. The summed E-state index contributed by atoms with van der Waals surface area (Å²) in [4.78, 5) is 4.07. The van der Waals surface area contributed by atoms with Gasteiger partial charge in [-0.25, -0.2) is 0 Å². The molecule has 0 saturated carbocycles. The summed E-state index contributed by atoms with van der Waals surface area (Å²) in [5.41, 5.74) is 2.44. The van der Waals surface area contributed by atoms with Crippen LogP contribution in [0, 0.1) is 0 Å². The monoisotopic (exact) mass is 224 g/mol. The van der Waals surface area contributed by atoms with Crippen molar-refractivity contribution in [2.75, 3.05) is 6.54 Å². The fourth-order valence-electron chi connectivity index (χ4n) is 1.56. The Morgan fingerprint density at radius 2 is 1.94 bits per heavy atom. The van der Waals surface area contributed by atoms with Gasteiger partial charge in [0.05, 0.1) is 0 Å². The van der Waals surface area contributed by atoms with Crippen LogP contribution in [-0.2, 0) is 6.54 Å². The van der Waals surface area contributed by atoms with Gasteiger partial charge >= 0.3 is 0 Å². The lowest BCUT2D eigenvalue weighted by molar-refractivity contribution is 0.758. The van der Waals surface area contributed by atoms with Gasteiger partial charge in [-0.1, -0.05) is 48.6 Å². The number of nitrogens with zero attached hydrogens (tertiary/aromatic N) is 1. The maximum Gasteiger partial charge on any atom is 0.0312 e. The third-order valence-corrected chi connectivity index (χ3v) is 2.42. The molecule has 86 valence electrons. The summed E-state index contributed by atoms with van der Waals surface area (Å²) in [6, 6.07) is 14.3. The minimum absolute atomic E-state index is 0.854. The number of hydrogen-bond acceptors (Lipinski definition) is 2. The fourth-order valence-corrected chi connectivity index (χ4v) is 1.56. The summed E-state index contributed by atoms with van der Waals surface area (Å²) in [6.45, 7) is 1.72. The average Bonchev–Trinajstić information content (AvgIpc) is 2.41. The normalized spacial score (nSPS) is 10.8. The lowest BCUT2D eigenvalue weighted by atomic mass is 10.2. The molecular weight excluding hydrogens is 208 g/mol. The van der Waals surface area contributed by atoms with E-state index in [1.54, 1.807) is 6.20 Å². The van der Waals surface area contributed by atoms with Gasteiger partial charge in [-0.3, -0.25) is 4.98 Å². The number of pyridine rings is 1. The summed E-state index contributed by atoms with van der Waals surface area (Å²) in [7, 11) is 0. The molecule has 0 fully saturated rings. The van der Waals surface area contributed by atoms with Crippen LogP contribution >= 0.6 is 0 Å². The van der Waals surface area contributed by atoms with Crippen molar-refractivity contribution in [3.05, 3.63) is 72.1 Å². The van der Waals surface area contributed by atoms with E-state index >= 15 is 0 Å².